The third-order valence-corrected chi connectivity index (χ3v) is 0.134. The van der Waals surface area contributed by atoms with Gasteiger partial charge in [0.15, 0.2) is 0 Å². The summed E-state index contributed by atoms with van der Waals surface area (Å²) in [5.74, 6) is 0. The Morgan fingerprint density at radius 2 is 2.25 bits per heavy atom. The van der Waals surface area contributed by atoms with Crippen LogP contribution in [0, 0.1) is 0 Å². The van der Waals surface area contributed by atoms with Crippen LogP contribution in [0.25, 0.3) is 0 Å². The first kappa shape index (κ1) is 3.76. The number of amides is 1. The molecule has 0 fully saturated rings. The van der Waals surface area contributed by atoms with Crippen molar-refractivity contribution in [1.82, 2.24) is 4.84 Å². The number of nitrogens with one attached hydrogen (secondary N) is 1. The highest BCUT2D eigenvalue weighted by Crippen LogP contribution is 1.41. The second-order valence-electron chi connectivity index (χ2n) is 0.227. The summed E-state index contributed by atoms with van der Waals surface area (Å²) in [5.41, 5.74) is 0. The topological polar surface area (TPSA) is 29.1 Å². The van der Waals surface area contributed by atoms with E-state index in [0.717, 1.165) is 0 Å². The maximum absolute atomic E-state index is 8.93. The molecule has 0 atom stereocenters. The number of halogens is 1. The van der Waals surface area contributed by atoms with E-state index in [0.29, 0.717) is 6.41 Å². The monoisotopic (exact) mass is 79.0 g/mol. The molecule has 1 amide bonds. The van der Waals surface area contributed by atoms with E-state index in [1.54, 1.807) is 4.84 Å². The number of carbonyl (C=O) groups is 1. The van der Waals surface area contributed by atoms with Crippen molar-refractivity contribution < 1.29 is 4.79 Å². The first-order chi connectivity index (χ1) is 1.91. The van der Waals surface area contributed by atoms with Crippen molar-refractivity contribution >= 4 is 18.2 Å². The van der Waals surface area contributed by atoms with Gasteiger partial charge in [-0.2, -0.15) is 0 Å². The lowest BCUT2D eigenvalue weighted by Gasteiger charge is -1.59. The molecule has 24 valence electrons. The third-order valence-electron chi connectivity index (χ3n) is 0.0445. The van der Waals surface area contributed by atoms with Gasteiger partial charge in [-0.05, 0) is 0 Å². The molecule has 0 bridgehead atoms. The predicted molar refractivity (Wildman–Crippen MR) is 15.1 cm³/mol. The van der Waals surface area contributed by atoms with Gasteiger partial charge in [0.2, 0.25) is 6.41 Å². The van der Waals surface area contributed by atoms with Crippen LogP contribution in [0.1, 0.15) is 0 Å². The summed E-state index contributed by atoms with van der Waals surface area (Å²) >= 11 is 4.57. The lowest BCUT2D eigenvalue weighted by Crippen LogP contribution is -1.87. The molecular weight excluding hydrogens is 77.5 g/mol. The molecule has 0 heterocycles. The molecule has 0 aromatic heterocycles. The Kier molecular flexibility index (Phi) is 2.59. The number of hydrogen-bond donors (Lipinski definition) is 1. The van der Waals surface area contributed by atoms with E-state index in [-0.39, 0.29) is 0 Å². The van der Waals surface area contributed by atoms with Gasteiger partial charge in [0.25, 0.3) is 0 Å². The van der Waals surface area contributed by atoms with E-state index >= 15 is 0 Å². The van der Waals surface area contributed by atoms with Gasteiger partial charge in [-0.15, -0.1) is 0 Å². The van der Waals surface area contributed by atoms with E-state index in [1.165, 1.54) is 0 Å². The molecule has 0 aromatic rings. The zero-order chi connectivity index (χ0) is 3.41. The number of carbonyl (C=O) groups excluding carboxylic acids is 1. The highest BCUT2D eigenvalue weighted by Gasteiger charge is 1.47. The van der Waals surface area contributed by atoms with Crippen molar-refractivity contribution in [3.05, 3.63) is 0 Å². The number of hydrogen-bond acceptors (Lipinski definition) is 1. The van der Waals surface area contributed by atoms with E-state index in [2.05, 4.69) is 11.8 Å². The molecule has 0 rings (SSSR count). The Morgan fingerprint density at radius 3 is 2.25 bits per heavy atom. The zero-order valence-corrected chi connectivity index (χ0v) is 2.62. The second kappa shape index (κ2) is 2.76. The average Bonchev–Trinajstić information content (AvgIpc) is 1.37. The van der Waals surface area contributed by atoms with E-state index in [4.69, 9.17) is 4.79 Å². The molecule has 3 heteroatoms. The van der Waals surface area contributed by atoms with E-state index < -0.39 is 0 Å². The molecule has 0 aromatic carbocycles. The van der Waals surface area contributed by atoms with Gasteiger partial charge in [0.1, 0.15) is 0 Å². The van der Waals surface area contributed by atoms with Crippen LogP contribution in [0.3, 0.4) is 0 Å². The fourth-order valence-corrected chi connectivity index (χ4v) is 0. The summed E-state index contributed by atoms with van der Waals surface area (Å²) in [5, 5.41) is 0. The summed E-state index contributed by atoms with van der Waals surface area (Å²) in [6.07, 6.45) is 0.390. The molecule has 0 aliphatic heterocycles. The molecule has 4 heavy (non-hydrogen) atoms. The Labute approximate surface area is 28.9 Å². The summed E-state index contributed by atoms with van der Waals surface area (Å²) in [4.78, 5) is 10.7. The van der Waals surface area contributed by atoms with Crippen molar-refractivity contribution in [2.24, 2.45) is 0 Å². The molecule has 0 unspecified atom stereocenters. The van der Waals surface area contributed by atoms with E-state index in [1.807, 2.05) is 0 Å². The second-order valence-corrected chi connectivity index (χ2v) is 0.445. The summed E-state index contributed by atoms with van der Waals surface area (Å²) < 4.78 is 0. The maximum Gasteiger partial charge on any atom is 0.221 e. The molecule has 2 nitrogen and oxygen atoms in total. The Hall–Kier alpha value is -0.240. The minimum atomic E-state index is 0.390. The standard InChI is InChI=1S/CH2ClNO/c2-3-1-4/h1H,(H,3,4). The summed E-state index contributed by atoms with van der Waals surface area (Å²) in [6, 6.07) is 0. The average molecular weight is 79.5 g/mol. The van der Waals surface area contributed by atoms with Crippen LogP contribution < -0.4 is 4.84 Å². The van der Waals surface area contributed by atoms with Crippen LogP contribution in [0.15, 0.2) is 0 Å². The minimum absolute atomic E-state index is 0.390. The zero-order valence-electron chi connectivity index (χ0n) is 1.86. The maximum atomic E-state index is 8.93. The minimum Gasteiger partial charge on any atom is -0.278 e. The molecule has 0 saturated carbocycles. The molecule has 1 N–H and O–H groups in total. The Morgan fingerprint density at radius 1 is 2.00 bits per heavy atom. The fourth-order valence-electron chi connectivity index (χ4n) is 0. The van der Waals surface area contributed by atoms with Crippen LogP contribution in [0.5, 0.6) is 0 Å². The third kappa shape index (κ3) is 1.76. The molecule has 0 spiro atoms. The van der Waals surface area contributed by atoms with Crippen molar-refractivity contribution in [1.29, 1.82) is 0 Å². The molecule has 0 radical (unpaired) electrons. The van der Waals surface area contributed by atoms with Crippen LogP contribution in [0.2, 0.25) is 0 Å². The first-order valence-corrected chi connectivity index (χ1v) is 1.09. The van der Waals surface area contributed by atoms with Gasteiger partial charge in [-0.3, -0.25) is 9.63 Å². The normalized spacial score (nSPS) is 5.25. The first-order valence-electron chi connectivity index (χ1n) is 0.713. The van der Waals surface area contributed by atoms with Crippen LogP contribution in [-0.2, 0) is 4.79 Å². The summed E-state index contributed by atoms with van der Waals surface area (Å²) in [7, 11) is 0. The van der Waals surface area contributed by atoms with Crippen molar-refractivity contribution in [2.75, 3.05) is 0 Å². The van der Waals surface area contributed by atoms with Crippen LogP contribution in [0.4, 0.5) is 0 Å². The Balaban J connectivity index is 2.30. The van der Waals surface area contributed by atoms with Crippen molar-refractivity contribution in [2.45, 2.75) is 0 Å². The van der Waals surface area contributed by atoms with Gasteiger partial charge >= 0.3 is 0 Å². The smallest absolute Gasteiger partial charge is 0.221 e. The number of rotatable bonds is 1. The highest BCUT2D eigenvalue weighted by molar-refractivity contribution is 6.18. The lowest BCUT2D eigenvalue weighted by molar-refractivity contribution is -0.108. The molecule has 0 aliphatic rings. The van der Waals surface area contributed by atoms with Crippen LogP contribution in [-0.4, -0.2) is 6.41 Å². The van der Waals surface area contributed by atoms with Gasteiger partial charge in [0, 0.05) is 11.8 Å². The molecule has 0 saturated heterocycles. The summed E-state index contributed by atoms with van der Waals surface area (Å²) in [6.45, 7) is 0. The van der Waals surface area contributed by atoms with Gasteiger partial charge in [-0.25, -0.2) is 0 Å². The van der Waals surface area contributed by atoms with Crippen LogP contribution >= 0.6 is 11.8 Å². The fraction of sp³-hybridized carbons (Fsp3) is 0. The largest absolute Gasteiger partial charge is 0.278 e. The van der Waals surface area contributed by atoms with Gasteiger partial charge < -0.3 is 0 Å². The Bertz CT molecular complexity index is 22.0. The SMILES string of the molecule is O=CNCl. The van der Waals surface area contributed by atoms with Gasteiger partial charge in [0.05, 0.1) is 0 Å². The van der Waals surface area contributed by atoms with Crippen molar-refractivity contribution in [3.8, 4) is 0 Å². The quantitative estimate of drug-likeness (QED) is 0.345. The van der Waals surface area contributed by atoms with Gasteiger partial charge in [-0.1, -0.05) is 0 Å². The van der Waals surface area contributed by atoms with Crippen molar-refractivity contribution in [3.63, 3.8) is 0 Å². The predicted octanol–water partition coefficient (Wildman–Crippen LogP) is -0.114. The molecular formula is CH2ClNO. The highest BCUT2D eigenvalue weighted by atomic mass is 35.5. The molecule has 0 aliphatic carbocycles. The van der Waals surface area contributed by atoms with E-state index in [9.17, 15) is 0 Å². The lowest BCUT2D eigenvalue weighted by atomic mass is 11.5.